The van der Waals surface area contributed by atoms with Crippen LogP contribution in [-0.4, -0.2) is 53.6 Å². The molecule has 0 saturated carbocycles. The lowest BCUT2D eigenvalue weighted by atomic mass is 9.93. The number of carbonyl (C=O) groups excluding carboxylic acids is 1. The molecule has 0 radical (unpaired) electrons. The summed E-state index contributed by atoms with van der Waals surface area (Å²) in [4.78, 5) is 16.7. The predicted octanol–water partition coefficient (Wildman–Crippen LogP) is 1.84. The second-order valence-corrected chi connectivity index (χ2v) is 6.70. The lowest BCUT2D eigenvalue weighted by molar-refractivity contribution is -0.135. The highest BCUT2D eigenvalue weighted by atomic mass is 16.3. The summed E-state index contributed by atoms with van der Waals surface area (Å²) in [7, 11) is 0. The first kappa shape index (κ1) is 15.5. The normalized spacial score (nSPS) is 25.8. The first-order chi connectivity index (χ1) is 10.7. The van der Waals surface area contributed by atoms with E-state index < -0.39 is 0 Å². The zero-order valence-corrected chi connectivity index (χ0v) is 13.4. The van der Waals surface area contributed by atoms with E-state index in [-0.39, 0.29) is 18.6 Å². The topological polar surface area (TPSA) is 43.8 Å². The largest absolute Gasteiger partial charge is 0.394 e. The molecule has 2 unspecified atom stereocenters. The van der Waals surface area contributed by atoms with Gasteiger partial charge < -0.3 is 10.0 Å². The van der Waals surface area contributed by atoms with E-state index >= 15 is 0 Å². The summed E-state index contributed by atoms with van der Waals surface area (Å²) >= 11 is 0. The molecule has 1 fully saturated rings. The van der Waals surface area contributed by atoms with Crippen molar-refractivity contribution in [3.05, 3.63) is 35.4 Å². The van der Waals surface area contributed by atoms with Crippen molar-refractivity contribution >= 4 is 5.91 Å². The fourth-order valence-corrected chi connectivity index (χ4v) is 3.80. The zero-order chi connectivity index (χ0) is 15.5. The number of amides is 1. The predicted molar refractivity (Wildman–Crippen MR) is 86.5 cm³/mol. The number of carbonyl (C=O) groups is 1. The van der Waals surface area contributed by atoms with Gasteiger partial charge in [-0.05, 0) is 36.3 Å². The molecule has 1 amide bonds. The number of aliphatic hydroxyl groups excluding tert-OH is 1. The minimum Gasteiger partial charge on any atom is -0.394 e. The van der Waals surface area contributed by atoms with Gasteiger partial charge in [-0.1, -0.05) is 31.2 Å². The molecule has 0 spiro atoms. The van der Waals surface area contributed by atoms with E-state index in [1.807, 2.05) is 17.0 Å². The summed E-state index contributed by atoms with van der Waals surface area (Å²) in [6.07, 6.45) is 3.29. The molecule has 3 rings (SSSR count). The van der Waals surface area contributed by atoms with E-state index in [0.29, 0.717) is 12.5 Å². The third-order valence-corrected chi connectivity index (χ3v) is 5.04. The summed E-state index contributed by atoms with van der Waals surface area (Å²) < 4.78 is 0. The molecule has 22 heavy (non-hydrogen) atoms. The number of rotatable bonds is 3. The van der Waals surface area contributed by atoms with Gasteiger partial charge in [0.05, 0.1) is 19.2 Å². The second-order valence-electron chi connectivity index (χ2n) is 6.70. The molecule has 1 saturated heterocycles. The van der Waals surface area contributed by atoms with Crippen LogP contribution >= 0.6 is 0 Å². The fourth-order valence-electron chi connectivity index (χ4n) is 3.80. The summed E-state index contributed by atoms with van der Waals surface area (Å²) in [5.74, 6) is 0.817. The Bertz CT molecular complexity index is 532. The maximum absolute atomic E-state index is 12.6. The molecule has 120 valence electrons. The number of hydrogen-bond donors (Lipinski definition) is 1. The number of piperidine rings is 1. The van der Waals surface area contributed by atoms with Crippen LogP contribution in [0.4, 0.5) is 0 Å². The molecular weight excluding hydrogens is 276 g/mol. The van der Waals surface area contributed by atoms with Crippen LogP contribution in [0.2, 0.25) is 0 Å². The maximum atomic E-state index is 12.6. The van der Waals surface area contributed by atoms with E-state index in [1.165, 1.54) is 17.5 Å². The van der Waals surface area contributed by atoms with Gasteiger partial charge in [0, 0.05) is 19.6 Å². The molecule has 0 aliphatic carbocycles. The Morgan fingerprint density at radius 1 is 1.32 bits per heavy atom. The first-order valence-corrected chi connectivity index (χ1v) is 8.39. The van der Waals surface area contributed by atoms with E-state index in [4.69, 9.17) is 0 Å². The minimum absolute atomic E-state index is 0.0453. The van der Waals surface area contributed by atoms with Crippen molar-refractivity contribution in [3.8, 4) is 0 Å². The van der Waals surface area contributed by atoms with Crippen LogP contribution in [0.3, 0.4) is 0 Å². The first-order valence-electron chi connectivity index (χ1n) is 8.39. The Hall–Kier alpha value is -1.39. The summed E-state index contributed by atoms with van der Waals surface area (Å²) in [6, 6.07) is 8.22. The van der Waals surface area contributed by atoms with Crippen LogP contribution in [0.15, 0.2) is 24.3 Å². The Labute approximate surface area is 132 Å². The van der Waals surface area contributed by atoms with Crippen molar-refractivity contribution in [3.63, 3.8) is 0 Å². The van der Waals surface area contributed by atoms with Crippen LogP contribution in [-0.2, 0) is 11.2 Å². The molecular formula is C18H26N2O2. The minimum atomic E-state index is -0.0453. The quantitative estimate of drug-likeness (QED) is 0.926. The third kappa shape index (κ3) is 3.18. The molecule has 1 aromatic rings. The molecule has 4 nitrogen and oxygen atoms in total. The monoisotopic (exact) mass is 302 g/mol. The van der Waals surface area contributed by atoms with Crippen LogP contribution in [0.5, 0.6) is 0 Å². The fraction of sp³-hybridized carbons (Fsp3) is 0.611. The van der Waals surface area contributed by atoms with Gasteiger partial charge in [-0.15, -0.1) is 0 Å². The van der Waals surface area contributed by atoms with Crippen molar-refractivity contribution < 1.29 is 9.90 Å². The lowest BCUT2D eigenvalue weighted by Gasteiger charge is -2.38. The summed E-state index contributed by atoms with van der Waals surface area (Å²) in [6.45, 7) is 5.32. The standard InChI is InChI=1S/C18H26N2O2/c1-14-5-4-9-20(11-14)18(22)12-19-10-8-15-6-2-3-7-16(15)17(19)13-21/h2-3,6-7,14,17,21H,4-5,8-13H2,1H3. The zero-order valence-electron chi connectivity index (χ0n) is 13.4. The van der Waals surface area contributed by atoms with Crippen molar-refractivity contribution in [2.75, 3.05) is 32.8 Å². The molecule has 1 aromatic carbocycles. The van der Waals surface area contributed by atoms with Crippen LogP contribution in [0.25, 0.3) is 0 Å². The molecule has 2 heterocycles. The molecule has 2 aliphatic rings. The van der Waals surface area contributed by atoms with Crippen LogP contribution < -0.4 is 0 Å². The number of likely N-dealkylation sites (tertiary alicyclic amines) is 1. The Balaban J connectivity index is 1.68. The van der Waals surface area contributed by atoms with Gasteiger partial charge >= 0.3 is 0 Å². The van der Waals surface area contributed by atoms with Crippen molar-refractivity contribution in [2.45, 2.75) is 32.2 Å². The van der Waals surface area contributed by atoms with E-state index in [0.717, 1.165) is 32.5 Å². The van der Waals surface area contributed by atoms with Crippen molar-refractivity contribution in [2.24, 2.45) is 5.92 Å². The average Bonchev–Trinajstić information content (AvgIpc) is 2.54. The molecule has 0 bridgehead atoms. The third-order valence-electron chi connectivity index (χ3n) is 5.04. The van der Waals surface area contributed by atoms with Gasteiger partial charge in [0.1, 0.15) is 0 Å². The molecule has 2 aliphatic heterocycles. The lowest BCUT2D eigenvalue weighted by Crippen LogP contribution is -2.47. The summed E-state index contributed by atoms with van der Waals surface area (Å²) in [5.41, 5.74) is 2.48. The Kier molecular flexibility index (Phi) is 4.79. The van der Waals surface area contributed by atoms with E-state index in [1.54, 1.807) is 0 Å². The van der Waals surface area contributed by atoms with Gasteiger partial charge in [-0.2, -0.15) is 0 Å². The van der Waals surface area contributed by atoms with E-state index in [2.05, 4.69) is 24.0 Å². The Morgan fingerprint density at radius 2 is 2.14 bits per heavy atom. The van der Waals surface area contributed by atoms with Gasteiger partial charge in [-0.25, -0.2) is 0 Å². The number of aliphatic hydroxyl groups is 1. The smallest absolute Gasteiger partial charge is 0.236 e. The van der Waals surface area contributed by atoms with Crippen molar-refractivity contribution in [1.29, 1.82) is 0 Å². The number of fused-ring (bicyclic) bond motifs is 1. The molecule has 0 aromatic heterocycles. The highest BCUT2D eigenvalue weighted by Gasteiger charge is 2.30. The number of benzene rings is 1. The average molecular weight is 302 g/mol. The highest BCUT2D eigenvalue weighted by molar-refractivity contribution is 5.78. The van der Waals surface area contributed by atoms with Gasteiger partial charge in [0.25, 0.3) is 0 Å². The SMILES string of the molecule is CC1CCCN(C(=O)CN2CCc3ccccc3C2CO)C1. The maximum Gasteiger partial charge on any atom is 0.236 e. The van der Waals surface area contributed by atoms with Gasteiger partial charge in [0.2, 0.25) is 5.91 Å². The number of hydrogen-bond acceptors (Lipinski definition) is 3. The van der Waals surface area contributed by atoms with Crippen molar-refractivity contribution in [1.82, 2.24) is 9.80 Å². The molecule has 2 atom stereocenters. The Morgan fingerprint density at radius 3 is 2.91 bits per heavy atom. The van der Waals surface area contributed by atoms with E-state index in [9.17, 15) is 9.90 Å². The molecule has 4 heteroatoms. The van der Waals surface area contributed by atoms with Gasteiger partial charge in [0.15, 0.2) is 0 Å². The highest BCUT2D eigenvalue weighted by Crippen LogP contribution is 2.29. The number of nitrogens with zero attached hydrogens (tertiary/aromatic N) is 2. The van der Waals surface area contributed by atoms with Crippen LogP contribution in [0, 0.1) is 5.92 Å². The van der Waals surface area contributed by atoms with Crippen LogP contribution in [0.1, 0.15) is 36.9 Å². The summed E-state index contributed by atoms with van der Waals surface area (Å²) in [5, 5.41) is 9.81. The van der Waals surface area contributed by atoms with Gasteiger partial charge in [-0.3, -0.25) is 9.69 Å². The molecule has 1 N–H and O–H groups in total. The second kappa shape index (κ2) is 6.80.